The predicted molar refractivity (Wildman–Crippen MR) is 79.5 cm³/mol. The number of carboxylic acid groups (broad SMARTS) is 1. The molecule has 0 amide bonds. The highest BCUT2D eigenvalue weighted by Crippen LogP contribution is 2.25. The van der Waals surface area contributed by atoms with Crippen molar-refractivity contribution in [3.05, 3.63) is 29.8 Å². The van der Waals surface area contributed by atoms with E-state index < -0.39 is 28.1 Å². The molecule has 1 fully saturated rings. The van der Waals surface area contributed by atoms with Crippen molar-refractivity contribution in [2.75, 3.05) is 12.8 Å². The molecule has 1 saturated heterocycles. The van der Waals surface area contributed by atoms with Crippen LogP contribution in [0.1, 0.15) is 12.0 Å². The molecule has 22 heavy (non-hydrogen) atoms. The van der Waals surface area contributed by atoms with Gasteiger partial charge in [0.25, 0.3) is 0 Å². The number of nitrogens with zero attached hydrogens (tertiary/aromatic N) is 1. The quantitative estimate of drug-likeness (QED) is 0.508. The number of carbonyl (C=O) groups is 1. The van der Waals surface area contributed by atoms with Crippen LogP contribution in [0.2, 0.25) is 0 Å². The number of nitrogens with two attached hydrogens (primary N) is 1. The number of sulfonamides is 1. The van der Waals surface area contributed by atoms with E-state index in [1.54, 1.807) is 24.3 Å². The van der Waals surface area contributed by atoms with Crippen molar-refractivity contribution >= 4 is 21.8 Å². The first-order valence-electron chi connectivity index (χ1n) is 6.49. The third kappa shape index (κ3) is 3.55. The summed E-state index contributed by atoms with van der Waals surface area (Å²) in [4.78, 5) is 11.2. The number of amidine groups is 1. The van der Waals surface area contributed by atoms with Gasteiger partial charge in [0.05, 0.1) is 12.8 Å². The molecule has 1 aromatic rings. The van der Waals surface area contributed by atoms with Gasteiger partial charge in [-0.05, 0) is 12.1 Å². The van der Waals surface area contributed by atoms with Gasteiger partial charge in [0, 0.05) is 12.0 Å². The van der Waals surface area contributed by atoms with Crippen LogP contribution in [-0.2, 0) is 14.8 Å². The molecule has 1 aromatic carbocycles. The van der Waals surface area contributed by atoms with E-state index in [1.165, 1.54) is 0 Å². The molecule has 1 aliphatic rings. The Balaban J connectivity index is 2.16. The van der Waals surface area contributed by atoms with E-state index in [4.69, 9.17) is 21.0 Å². The SMILES string of the molecule is CS(=O)(=O)N1C[C@H](Oc2cccc(C(=N)N)c2)C[C@H]1C(=O)O. The Morgan fingerprint density at radius 2 is 2.18 bits per heavy atom. The highest BCUT2D eigenvalue weighted by Gasteiger charge is 2.42. The van der Waals surface area contributed by atoms with Crippen LogP contribution in [0, 0.1) is 5.41 Å². The van der Waals surface area contributed by atoms with Crippen LogP contribution in [0.3, 0.4) is 0 Å². The maximum Gasteiger partial charge on any atom is 0.322 e. The van der Waals surface area contributed by atoms with Crippen molar-refractivity contribution in [1.29, 1.82) is 5.41 Å². The minimum absolute atomic E-state index is 0.0277. The maximum absolute atomic E-state index is 11.7. The first kappa shape index (κ1) is 16.2. The molecule has 0 aliphatic carbocycles. The van der Waals surface area contributed by atoms with Gasteiger partial charge >= 0.3 is 5.97 Å². The van der Waals surface area contributed by atoms with Crippen molar-refractivity contribution in [2.24, 2.45) is 5.73 Å². The Kier molecular flexibility index (Phi) is 4.38. The van der Waals surface area contributed by atoms with E-state index in [1.807, 2.05) is 0 Å². The number of aliphatic carboxylic acids is 1. The summed E-state index contributed by atoms with van der Waals surface area (Å²) in [6.07, 6.45) is 0.465. The molecule has 0 spiro atoms. The van der Waals surface area contributed by atoms with E-state index in [2.05, 4.69) is 0 Å². The number of hydrogen-bond acceptors (Lipinski definition) is 5. The first-order valence-corrected chi connectivity index (χ1v) is 8.34. The Hall–Kier alpha value is -2.13. The van der Waals surface area contributed by atoms with Crippen LogP contribution >= 0.6 is 0 Å². The lowest BCUT2D eigenvalue weighted by atomic mass is 10.2. The number of carboxylic acids is 1. The molecule has 4 N–H and O–H groups in total. The van der Waals surface area contributed by atoms with Crippen LogP contribution in [0.4, 0.5) is 0 Å². The average molecular weight is 327 g/mol. The van der Waals surface area contributed by atoms with E-state index in [0.717, 1.165) is 10.6 Å². The highest BCUT2D eigenvalue weighted by molar-refractivity contribution is 7.88. The molecule has 0 bridgehead atoms. The van der Waals surface area contributed by atoms with E-state index in [-0.39, 0.29) is 18.8 Å². The molecule has 1 heterocycles. The van der Waals surface area contributed by atoms with Gasteiger partial charge in [0.2, 0.25) is 10.0 Å². The highest BCUT2D eigenvalue weighted by atomic mass is 32.2. The number of nitrogen functional groups attached to an aromatic ring is 1. The lowest BCUT2D eigenvalue weighted by Gasteiger charge is -2.17. The number of benzene rings is 1. The van der Waals surface area contributed by atoms with Crippen LogP contribution in [0.25, 0.3) is 0 Å². The Bertz CT molecular complexity index is 703. The fraction of sp³-hybridized carbons (Fsp3) is 0.385. The zero-order chi connectivity index (χ0) is 16.5. The van der Waals surface area contributed by atoms with Gasteiger partial charge in [-0.1, -0.05) is 12.1 Å². The summed E-state index contributed by atoms with van der Waals surface area (Å²) >= 11 is 0. The van der Waals surface area contributed by atoms with Gasteiger partial charge in [0.15, 0.2) is 0 Å². The molecular weight excluding hydrogens is 310 g/mol. The van der Waals surface area contributed by atoms with Crippen LogP contribution in [-0.4, -0.2) is 54.6 Å². The molecule has 120 valence electrons. The molecule has 8 nitrogen and oxygen atoms in total. The number of rotatable bonds is 5. The van der Waals surface area contributed by atoms with Gasteiger partial charge in [-0.2, -0.15) is 4.31 Å². The summed E-state index contributed by atoms with van der Waals surface area (Å²) < 4.78 is 29.9. The Morgan fingerprint density at radius 1 is 1.50 bits per heavy atom. The topological polar surface area (TPSA) is 134 Å². The second-order valence-electron chi connectivity index (χ2n) is 5.10. The summed E-state index contributed by atoms with van der Waals surface area (Å²) in [6.45, 7) is -0.0277. The maximum atomic E-state index is 11.7. The second kappa shape index (κ2) is 5.93. The van der Waals surface area contributed by atoms with Crippen molar-refractivity contribution in [3.63, 3.8) is 0 Å². The zero-order valence-electron chi connectivity index (χ0n) is 11.9. The largest absolute Gasteiger partial charge is 0.489 e. The van der Waals surface area contributed by atoms with Crippen LogP contribution in [0.5, 0.6) is 5.75 Å². The lowest BCUT2D eigenvalue weighted by molar-refractivity contribution is -0.140. The lowest BCUT2D eigenvalue weighted by Crippen LogP contribution is -2.39. The standard InChI is InChI=1S/C13H17N3O5S/c1-22(19,20)16-7-10(6-11(16)13(17)18)21-9-4-2-3-8(5-9)12(14)15/h2-5,10-11H,6-7H2,1H3,(H3,14,15)(H,17,18)/t10-,11+/m1/s1. The summed E-state index contributed by atoms with van der Waals surface area (Å²) in [5.74, 6) is -0.899. The van der Waals surface area contributed by atoms with Gasteiger partial charge in [-0.3, -0.25) is 10.2 Å². The molecular formula is C13H17N3O5S. The number of ether oxygens (including phenoxy) is 1. The minimum Gasteiger partial charge on any atom is -0.489 e. The smallest absolute Gasteiger partial charge is 0.322 e. The van der Waals surface area contributed by atoms with Gasteiger partial charge in [0.1, 0.15) is 23.7 Å². The fourth-order valence-corrected chi connectivity index (χ4v) is 3.45. The average Bonchev–Trinajstić information content (AvgIpc) is 2.83. The van der Waals surface area contributed by atoms with Crippen molar-refractivity contribution in [1.82, 2.24) is 4.31 Å². The molecule has 0 saturated carbocycles. The summed E-state index contributed by atoms with van der Waals surface area (Å²) in [7, 11) is -3.63. The van der Waals surface area contributed by atoms with Gasteiger partial charge in [-0.25, -0.2) is 8.42 Å². The molecule has 2 rings (SSSR count). The van der Waals surface area contributed by atoms with Gasteiger partial charge in [-0.15, -0.1) is 0 Å². The molecule has 2 atom stereocenters. The second-order valence-corrected chi connectivity index (χ2v) is 7.04. The number of hydrogen-bond donors (Lipinski definition) is 3. The molecule has 1 aliphatic heterocycles. The third-order valence-electron chi connectivity index (χ3n) is 3.38. The van der Waals surface area contributed by atoms with E-state index in [9.17, 15) is 13.2 Å². The molecule has 9 heteroatoms. The summed E-state index contributed by atoms with van der Waals surface area (Å²) in [5, 5.41) is 16.5. The Morgan fingerprint density at radius 3 is 2.68 bits per heavy atom. The van der Waals surface area contributed by atoms with Crippen molar-refractivity contribution < 1.29 is 23.1 Å². The zero-order valence-corrected chi connectivity index (χ0v) is 12.7. The minimum atomic E-state index is -3.63. The van der Waals surface area contributed by atoms with Gasteiger partial charge < -0.3 is 15.6 Å². The van der Waals surface area contributed by atoms with Crippen molar-refractivity contribution in [2.45, 2.75) is 18.6 Å². The molecule has 0 unspecified atom stereocenters. The first-order chi connectivity index (χ1) is 10.2. The Labute approximate surface area is 128 Å². The van der Waals surface area contributed by atoms with Crippen molar-refractivity contribution in [3.8, 4) is 5.75 Å². The number of nitrogens with one attached hydrogen (secondary N) is 1. The van der Waals surface area contributed by atoms with E-state index >= 15 is 0 Å². The summed E-state index contributed by atoms with van der Waals surface area (Å²) in [6, 6.07) is 5.37. The molecule has 0 radical (unpaired) electrons. The summed E-state index contributed by atoms with van der Waals surface area (Å²) in [5.41, 5.74) is 5.87. The normalized spacial score (nSPS) is 22.4. The predicted octanol–water partition coefficient (Wildman–Crippen LogP) is -0.163. The monoisotopic (exact) mass is 327 g/mol. The fourth-order valence-electron chi connectivity index (χ4n) is 2.37. The third-order valence-corrected chi connectivity index (χ3v) is 4.63. The van der Waals surface area contributed by atoms with Crippen LogP contribution in [0.15, 0.2) is 24.3 Å². The van der Waals surface area contributed by atoms with Crippen LogP contribution < -0.4 is 10.5 Å². The molecule has 0 aromatic heterocycles. The van der Waals surface area contributed by atoms with E-state index in [0.29, 0.717) is 11.3 Å².